The van der Waals surface area contributed by atoms with Crippen LogP contribution in [-0.2, 0) is 32.7 Å². The van der Waals surface area contributed by atoms with E-state index in [1.807, 2.05) is 6.92 Å². The van der Waals surface area contributed by atoms with Crippen LogP contribution in [-0.4, -0.2) is 98.3 Å². The van der Waals surface area contributed by atoms with Gasteiger partial charge in [0, 0.05) is 12.8 Å². The molecule has 1 rings (SSSR count). The molecule has 0 saturated heterocycles. The molecule has 13 nitrogen and oxygen atoms in total. The molecule has 1 aliphatic carbocycles. The fourth-order valence-corrected chi connectivity index (χ4v) is 5.00. The first-order valence-electron chi connectivity index (χ1n) is 13.8. The van der Waals surface area contributed by atoms with Crippen molar-refractivity contribution in [2.75, 3.05) is 13.2 Å². The van der Waals surface area contributed by atoms with E-state index in [0.717, 1.165) is 32.1 Å². The van der Waals surface area contributed by atoms with Crippen LogP contribution in [0.15, 0.2) is 0 Å². The normalized spacial score (nSPS) is 27.5. The largest absolute Gasteiger partial charge is 0.472 e. The molecule has 6 atom stereocenters. The van der Waals surface area contributed by atoms with Crippen LogP contribution in [0.4, 0.5) is 0 Å². The lowest BCUT2D eigenvalue weighted by Crippen LogP contribution is -2.64. The summed E-state index contributed by atoms with van der Waals surface area (Å²) < 4.78 is 32.5. The standard InChI is InChI=1S/C25H47O13P/c1-3-5-7-8-9-10-11-12-14-19(27)37-17(15-35-18(26)13-6-4-2)16-36-39(33,34)38-25-23(31)21(29)20(28)22(30)24(25)32/h17,20-25,28-32H,3-16H2,1-2H3,(H,33,34). The molecule has 0 aromatic heterocycles. The highest BCUT2D eigenvalue weighted by Gasteiger charge is 2.51. The van der Waals surface area contributed by atoms with Crippen LogP contribution in [0.3, 0.4) is 0 Å². The van der Waals surface area contributed by atoms with Gasteiger partial charge >= 0.3 is 19.8 Å². The van der Waals surface area contributed by atoms with Crippen molar-refractivity contribution < 1.29 is 63.1 Å². The third-order valence-corrected chi connectivity index (χ3v) is 7.43. The summed E-state index contributed by atoms with van der Waals surface area (Å²) in [5, 5.41) is 49.3. The Labute approximate surface area is 230 Å². The van der Waals surface area contributed by atoms with Crippen LogP contribution in [0, 0.1) is 0 Å². The Balaban J connectivity index is 2.65. The van der Waals surface area contributed by atoms with Gasteiger partial charge in [-0.25, -0.2) is 4.57 Å². The van der Waals surface area contributed by atoms with Gasteiger partial charge in [0.25, 0.3) is 0 Å². The van der Waals surface area contributed by atoms with E-state index in [0.29, 0.717) is 12.8 Å². The smallest absolute Gasteiger partial charge is 0.462 e. The number of unbranched alkanes of at least 4 members (excludes halogenated alkanes) is 8. The van der Waals surface area contributed by atoms with Crippen LogP contribution >= 0.6 is 7.82 Å². The Bertz CT molecular complexity index is 735. The first-order valence-corrected chi connectivity index (χ1v) is 15.3. The second kappa shape index (κ2) is 19.1. The van der Waals surface area contributed by atoms with Gasteiger partial charge in [0.05, 0.1) is 6.61 Å². The van der Waals surface area contributed by atoms with Gasteiger partial charge in [0.1, 0.15) is 43.2 Å². The second-order valence-electron chi connectivity index (χ2n) is 9.91. The molecule has 0 aliphatic heterocycles. The monoisotopic (exact) mass is 586 g/mol. The lowest BCUT2D eigenvalue weighted by Gasteiger charge is -2.41. The van der Waals surface area contributed by atoms with Crippen LogP contribution in [0.1, 0.15) is 90.9 Å². The number of aliphatic hydroxyl groups is 5. The molecule has 0 aromatic carbocycles. The van der Waals surface area contributed by atoms with Gasteiger partial charge in [0.15, 0.2) is 6.10 Å². The van der Waals surface area contributed by atoms with Gasteiger partial charge in [-0.15, -0.1) is 0 Å². The van der Waals surface area contributed by atoms with E-state index in [4.69, 9.17) is 18.5 Å². The van der Waals surface area contributed by atoms with E-state index in [9.17, 15) is 44.6 Å². The number of hydrogen-bond acceptors (Lipinski definition) is 12. The van der Waals surface area contributed by atoms with Gasteiger partial charge in [-0.05, 0) is 12.8 Å². The Morgan fingerprint density at radius 3 is 1.74 bits per heavy atom. The summed E-state index contributed by atoms with van der Waals surface area (Å²) in [4.78, 5) is 34.4. The van der Waals surface area contributed by atoms with Crippen molar-refractivity contribution in [1.82, 2.24) is 0 Å². The van der Waals surface area contributed by atoms with Crippen molar-refractivity contribution in [2.24, 2.45) is 0 Å². The Morgan fingerprint density at radius 1 is 0.692 bits per heavy atom. The number of carbonyl (C=O) groups excluding carboxylic acids is 2. The summed E-state index contributed by atoms with van der Waals surface area (Å²) in [6, 6.07) is 0. The maximum Gasteiger partial charge on any atom is 0.472 e. The maximum atomic E-state index is 12.5. The quantitative estimate of drug-likeness (QED) is 0.0679. The van der Waals surface area contributed by atoms with Crippen molar-refractivity contribution in [3.05, 3.63) is 0 Å². The topological polar surface area (TPSA) is 210 Å². The highest BCUT2D eigenvalue weighted by atomic mass is 31.2. The third-order valence-electron chi connectivity index (χ3n) is 6.45. The first-order chi connectivity index (χ1) is 18.4. The first kappa shape index (κ1) is 35.9. The molecule has 230 valence electrons. The zero-order valence-electron chi connectivity index (χ0n) is 22.9. The lowest BCUT2D eigenvalue weighted by atomic mass is 9.85. The average Bonchev–Trinajstić information content (AvgIpc) is 2.90. The summed E-state index contributed by atoms with van der Waals surface area (Å²) >= 11 is 0. The highest BCUT2D eigenvalue weighted by molar-refractivity contribution is 7.47. The Kier molecular flexibility index (Phi) is 17.5. The number of esters is 2. The molecule has 1 aliphatic rings. The molecule has 0 bridgehead atoms. The second-order valence-corrected chi connectivity index (χ2v) is 11.3. The number of phosphoric ester groups is 1. The Morgan fingerprint density at radius 2 is 1.18 bits per heavy atom. The summed E-state index contributed by atoms with van der Waals surface area (Å²) in [7, 11) is -5.07. The van der Waals surface area contributed by atoms with Crippen molar-refractivity contribution >= 4 is 19.8 Å². The minimum atomic E-state index is -5.07. The zero-order chi connectivity index (χ0) is 29.4. The van der Waals surface area contributed by atoms with E-state index in [2.05, 4.69) is 6.92 Å². The minimum absolute atomic E-state index is 0.0983. The van der Waals surface area contributed by atoms with E-state index < -0.39 is 75.7 Å². The molecular weight excluding hydrogens is 539 g/mol. The number of carbonyl (C=O) groups is 2. The minimum Gasteiger partial charge on any atom is -0.462 e. The molecule has 0 radical (unpaired) electrons. The van der Waals surface area contributed by atoms with Gasteiger partial charge in [-0.1, -0.05) is 65.2 Å². The molecule has 0 heterocycles. The predicted octanol–water partition coefficient (Wildman–Crippen LogP) is 1.48. The highest BCUT2D eigenvalue weighted by Crippen LogP contribution is 2.47. The predicted molar refractivity (Wildman–Crippen MR) is 138 cm³/mol. The fourth-order valence-electron chi connectivity index (χ4n) is 4.03. The van der Waals surface area contributed by atoms with Gasteiger partial charge in [-0.3, -0.25) is 18.6 Å². The number of rotatable bonds is 20. The van der Waals surface area contributed by atoms with Gasteiger partial charge in [-0.2, -0.15) is 0 Å². The van der Waals surface area contributed by atoms with Crippen molar-refractivity contribution in [1.29, 1.82) is 0 Å². The average molecular weight is 587 g/mol. The molecule has 1 saturated carbocycles. The lowest BCUT2D eigenvalue weighted by molar-refractivity contribution is -0.220. The number of ether oxygens (including phenoxy) is 2. The molecule has 0 spiro atoms. The molecule has 6 unspecified atom stereocenters. The van der Waals surface area contributed by atoms with E-state index in [1.54, 1.807) is 0 Å². The maximum absolute atomic E-state index is 12.5. The molecule has 39 heavy (non-hydrogen) atoms. The molecule has 0 amide bonds. The van der Waals surface area contributed by atoms with E-state index >= 15 is 0 Å². The number of hydrogen-bond donors (Lipinski definition) is 6. The van der Waals surface area contributed by atoms with Gasteiger partial charge < -0.3 is 39.9 Å². The summed E-state index contributed by atoms with van der Waals surface area (Å²) in [6.45, 7) is 2.87. The van der Waals surface area contributed by atoms with Crippen molar-refractivity contribution in [2.45, 2.75) is 134 Å². The molecule has 1 fully saturated rings. The number of phosphoric acid groups is 1. The molecule has 14 heteroatoms. The van der Waals surface area contributed by atoms with E-state index in [-0.39, 0.29) is 12.8 Å². The summed E-state index contributed by atoms with van der Waals surface area (Å²) in [6.07, 6.45) is -3.32. The zero-order valence-corrected chi connectivity index (χ0v) is 23.8. The van der Waals surface area contributed by atoms with E-state index in [1.165, 1.54) is 19.3 Å². The summed E-state index contributed by atoms with van der Waals surface area (Å²) in [5.74, 6) is -1.15. The fraction of sp³-hybridized carbons (Fsp3) is 0.920. The Hall–Kier alpha value is -1.15. The number of aliphatic hydroxyl groups excluding tert-OH is 5. The van der Waals surface area contributed by atoms with Crippen LogP contribution in [0.25, 0.3) is 0 Å². The van der Waals surface area contributed by atoms with Crippen molar-refractivity contribution in [3.8, 4) is 0 Å². The summed E-state index contributed by atoms with van der Waals surface area (Å²) in [5.41, 5.74) is 0. The van der Waals surface area contributed by atoms with Gasteiger partial charge in [0.2, 0.25) is 0 Å². The van der Waals surface area contributed by atoms with Crippen molar-refractivity contribution in [3.63, 3.8) is 0 Å². The molecule has 0 aromatic rings. The SMILES string of the molecule is CCCCCCCCCCC(=O)OC(COC(=O)CCCC)COP(=O)(O)OC1C(O)C(O)C(O)C(O)C1O. The van der Waals surface area contributed by atoms with Crippen LogP contribution < -0.4 is 0 Å². The molecular formula is C25H47O13P. The van der Waals surface area contributed by atoms with Crippen LogP contribution in [0.5, 0.6) is 0 Å². The van der Waals surface area contributed by atoms with Crippen LogP contribution in [0.2, 0.25) is 0 Å². The third kappa shape index (κ3) is 13.8. The molecule has 6 N–H and O–H groups in total.